The van der Waals surface area contributed by atoms with E-state index >= 15 is 0 Å². The van der Waals surface area contributed by atoms with Gasteiger partial charge in [-0.3, -0.25) is 0 Å². The first-order chi connectivity index (χ1) is 7.09. The fraction of sp³-hybridized carbons (Fsp3) is 0.545. The van der Waals surface area contributed by atoms with Crippen LogP contribution in [0.3, 0.4) is 0 Å². The molecule has 0 amide bonds. The van der Waals surface area contributed by atoms with Crippen molar-refractivity contribution in [3.8, 4) is 0 Å². The molecule has 0 spiro atoms. The van der Waals surface area contributed by atoms with Crippen LogP contribution in [0.25, 0.3) is 0 Å². The van der Waals surface area contributed by atoms with Gasteiger partial charge in [0.1, 0.15) is 11.6 Å². The van der Waals surface area contributed by atoms with E-state index in [1.54, 1.807) is 0 Å². The van der Waals surface area contributed by atoms with Crippen LogP contribution >= 0.6 is 0 Å². The van der Waals surface area contributed by atoms with E-state index in [1.165, 1.54) is 0 Å². The van der Waals surface area contributed by atoms with Gasteiger partial charge in [-0.05, 0) is 26.2 Å². The average Bonchev–Trinajstić information content (AvgIpc) is 2.17. The third-order valence-electron chi connectivity index (χ3n) is 2.06. The topological polar surface area (TPSA) is 31.4 Å². The maximum absolute atomic E-state index is 4.47. The summed E-state index contributed by atoms with van der Waals surface area (Å²) in [5.74, 6) is 1.91. The van der Waals surface area contributed by atoms with E-state index in [2.05, 4.69) is 29.3 Å². The number of nitrogens with one attached hydrogen (secondary N) is 1. The molecule has 0 aliphatic carbocycles. The van der Waals surface area contributed by atoms with Crippen LogP contribution in [-0.2, 0) is 0 Å². The Morgan fingerprint density at radius 2 is 1.93 bits per heavy atom. The van der Waals surface area contributed by atoms with Crippen molar-refractivity contribution in [2.24, 2.45) is 0 Å². The number of rotatable bonds is 5. The van der Waals surface area contributed by atoms with Crippen LogP contribution in [0, 0.1) is 0 Å². The zero-order chi connectivity index (χ0) is 11.3. The van der Waals surface area contributed by atoms with Gasteiger partial charge in [-0.2, -0.15) is 0 Å². The predicted octanol–water partition coefficient (Wildman–Crippen LogP) is 1.12. The Hall–Kier alpha value is -1.29. The quantitative estimate of drug-likeness (QED) is 0.786. The molecular weight excluding hydrogens is 188 g/mol. The third kappa shape index (κ3) is 4.16. The molecule has 0 aromatic carbocycles. The molecule has 0 unspecified atom stereocenters. The minimum atomic E-state index is 0.914. The molecule has 0 aliphatic heterocycles. The minimum Gasteiger partial charge on any atom is -0.369 e. The van der Waals surface area contributed by atoms with Crippen molar-refractivity contribution in [1.82, 2.24) is 9.88 Å². The first-order valence-electron chi connectivity index (χ1n) is 5.12. The molecule has 1 aromatic rings. The van der Waals surface area contributed by atoms with Gasteiger partial charge in [0.2, 0.25) is 0 Å². The Balaban J connectivity index is 2.50. The minimum absolute atomic E-state index is 0.914. The smallest absolute Gasteiger partial charge is 0.130 e. The van der Waals surface area contributed by atoms with Gasteiger partial charge in [0.25, 0.3) is 0 Å². The second-order valence-corrected chi connectivity index (χ2v) is 4.01. The second kappa shape index (κ2) is 5.56. The monoisotopic (exact) mass is 208 g/mol. The molecular formula is C11H20N4. The van der Waals surface area contributed by atoms with Gasteiger partial charge in [-0.15, -0.1) is 0 Å². The highest BCUT2D eigenvalue weighted by molar-refractivity contribution is 5.45. The number of hydrogen-bond acceptors (Lipinski definition) is 4. The van der Waals surface area contributed by atoms with E-state index in [1.807, 2.05) is 37.2 Å². The van der Waals surface area contributed by atoms with Crippen LogP contribution in [0.4, 0.5) is 11.6 Å². The zero-order valence-corrected chi connectivity index (χ0v) is 9.99. The molecule has 0 atom stereocenters. The van der Waals surface area contributed by atoms with Gasteiger partial charge in [-0.25, -0.2) is 4.98 Å². The first kappa shape index (κ1) is 11.8. The molecule has 84 valence electrons. The fourth-order valence-electron chi connectivity index (χ4n) is 1.18. The highest BCUT2D eigenvalue weighted by Crippen LogP contribution is 2.10. The first-order valence-corrected chi connectivity index (χ1v) is 5.12. The lowest BCUT2D eigenvalue weighted by Crippen LogP contribution is -2.21. The molecule has 1 N–H and O–H groups in total. The van der Waals surface area contributed by atoms with Crippen molar-refractivity contribution in [3.63, 3.8) is 0 Å². The van der Waals surface area contributed by atoms with Gasteiger partial charge in [-0.1, -0.05) is 6.07 Å². The van der Waals surface area contributed by atoms with E-state index < -0.39 is 0 Å². The third-order valence-corrected chi connectivity index (χ3v) is 2.06. The summed E-state index contributed by atoms with van der Waals surface area (Å²) in [4.78, 5) is 8.60. The van der Waals surface area contributed by atoms with Crippen molar-refractivity contribution in [1.29, 1.82) is 0 Å². The molecule has 0 fully saturated rings. The van der Waals surface area contributed by atoms with Crippen LogP contribution in [-0.4, -0.2) is 51.2 Å². The summed E-state index contributed by atoms with van der Waals surface area (Å²) in [7, 11) is 8.11. The zero-order valence-electron chi connectivity index (χ0n) is 9.99. The van der Waals surface area contributed by atoms with Gasteiger partial charge in [0, 0.05) is 27.2 Å². The SMILES string of the molecule is CN(C)CCNc1cccc(N(C)C)n1. The van der Waals surface area contributed by atoms with Crippen molar-refractivity contribution in [3.05, 3.63) is 18.2 Å². The Bertz CT molecular complexity index is 296. The van der Waals surface area contributed by atoms with Gasteiger partial charge >= 0.3 is 0 Å². The van der Waals surface area contributed by atoms with Crippen LogP contribution < -0.4 is 10.2 Å². The van der Waals surface area contributed by atoms with Gasteiger partial charge in [0.05, 0.1) is 0 Å². The Labute approximate surface area is 91.9 Å². The molecule has 1 rings (SSSR count). The number of likely N-dealkylation sites (N-methyl/N-ethyl adjacent to an activating group) is 1. The summed E-state index contributed by atoms with van der Waals surface area (Å²) in [5.41, 5.74) is 0. The summed E-state index contributed by atoms with van der Waals surface area (Å²) in [6, 6.07) is 6.00. The van der Waals surface area contributed by atoms with Crippen LogP contribution in [0.2, 0.25) is 0 Å². The van der Waals surface area contributed by atoms with Crippen LogP contribution in [0.5, 0.6) is 0 Å². The summed E-state index contributed by atoms with van der Waals surface area (Å²) >= 11 is 0. The van der Waals surface area contributed by atoms with Gasteiger partial charge < -0.3 is 15.1 Å². The van der Waals surface area contributed by atoms with Crippen LogP contribution in [0.15, 0.2) is 18.2 Å². The lowest BCUT2D eigenvalue weighted by Gasteiger charge is -2.14. The highest BCUT2D eigenvalue weighted by atomic mass is 15.2. The average molecular weight is 208 g/mol. The number of pyridine rings is 1. The normalized spacial score (nSPS) is 10.5. The van der Waals surface area contributed by atoms with E-state index in [4.69, 9.17) is 0 Å². The molecule has 0 aliphatic rings. The Kier molecular flexibility index (Phi) is 4.37. The van der Waals surface area contributed by atoms with Crippen molar-refractivity contribution >= 4 is 11.6 Å². The largest absolute Gasteiger partial charge is 0.369 e. The molecule has 4 nitrogen and oxygen atoms in total. The number of hydrogen-bond donors (Lipinski definition) is 1. The molecule has 0 saturated carbocycles. The van der Waals surface area contributed by atoms with E-state index in [0.717, 1.165) is 24.7 Å². The standard InChI is InChI=1S/C11H20N4/c1-14(2)9-8-12-10-6-5-7-11(13-10)15(3)4/h5-7H,8-9H2,1-4H3,(H,12,13). The fourth-order valence-corrected chi connectivity index (χ4v) is 1.18. The Morgan fingerprint density at radius 3 is 2.53 bits per heavy atom. The highest BCUT2D eigenvalue weighted by Gasteiger charge is 1.98. The maximum Gasteiger partial charge on any atom is 0.130 e. The summed E-state index contributed by atoms with van der Waals surface area (Å²) in [6.45, 7) is 1.92. The van der Waals surface area contributed by atoms with Crippen molar-refractivity contribution in [2.75, 3.05) is 51.5 Å². The summed E-state index contributed by atoms with van der Waals surface area (Å²) in [6.07, 6.45) is 0. The van der Waals surface area contributed by atoms with E-state index in [-0.39, 0.29) is 0 Å². The summed E-state index contributed by atoms with van der Waals surface area (Å²) in [5, 5.41) is 3.29. The number of aromatic nitrogens is 1. The van der Waals surface area contributed by atoms with E-state index in [0.29, 0.717) is 0 Å². The maximum atomic E-state index is 4.47. The van der Waals surface area contributed by atoms with Crippen molar-refractivity contribution < 1.29 is 0 Å². The molecule has 0 bridgehead atoms. The van der Waals surface area contributed by atoms with Crippen LogP contribution in [0.1, 0.15) is 0 Å². The van der Waals surface area contributed by atoms with Crippen molar-refractivity contribution in [2.45, 2.75) is 0 Å². The van der Waals surface area contributed by atoms with Gasteiger partial charge in [0.15, 0.2) is 0 Å². The molecule has 1 aromatic heterocycles. The van der Waals surface area contributed by atoms with E-state index in [9.17, 15) is 0 Å². The Morgan fingerprint density at radius 1 is 1.20 bits per heavy atom. The molecule has 0 radical (unpaired) electrons. The summed E-state index contributed by atoms with van der Waals surface area (Å²) < 4.78 is 0. The molecule has 0 saturated heterocycles. The second-order valence-electron chi connectivity index (χ2n) is 4.01. The number of nitrogens with zero attached hydrogens (tertiary/aromatic N) is 3. The lowest BCUT2D eigenvalue weighted by molar-refractivity contribution is 0.425. The molecule has 15 heavy (non-hydrogen) atoms. The molecule has 4 heteroatoms. The lowest BCUT2D eigenvalue weighted by atomic mass is 10.4. The molecule has 1 heterocycles. The predicted molar refractivity (Wildman–Crippen MR) is 65.6 cm³/mol. The number of anilines is 2.